The van der Waals surface area contributed by atoms with Crippen LogP contribution in [0.2, 0.25) is 0 Å². The first-order valence-corrected chi connectivity index (χ1v) is 6.69. The molecule has 4 nitrogen and oxygen atoms in total. The Morgan fingerprint density at radius 3 is 2.58 bits per heavy atom. The topological polar surface area (TPSA) is 41.6 Å². The number of benzene rings is 1. The van der Waals surface area contributed by atoms with Gasteiger partial charge in [-0.3, -0.25) is 10.2 Å². The zero-order valence-electron chi connectivity index (χ0n) is 12.1. The molecule has 19 heavy (non-hydrogen) atoms. The summed E-state index contributed by atoms with van der Waals surface area (Å²) < 4.78 is 5.43. The molecule has 0 atom stereocenters. The summed E-state index contributed by atoms with van der Waals surface area (Å²) in [6.45, 7) is 2.12. The van der Waals surface area contributed by atoms with Crippen LogP contribution in [0, 0.1) is 0 Å². The fraction of sp³-hybridized carbons (Fsp3) is 0.533. The van der Waals surface area contributed by atoms with E-state index in [9.17, 15) is 4.79 Å². The molecule has 0 aromatic heterocycles. The molecule has 2 rings (SSSR count). The van der Waals surface area contributed by atoms with Gasteiger partial charge in [-0.1, -0.05) is 19.1 Å². The van der Waals surface area contributed by atoms with Crippen LogP contribution in [0.15, 0.2) is 18.2 Å². The number of hydrogen-bond donors (Lipinski definition) is 1. The highest BCUT2D eigenvalue weighted by Crippen LogP contribution is 2.51. The molecule has 0 radical (unpaired) electrons. The van der Waals surface area contributed by atoms with Crippen LogP contribution in [0.5, 0.6) is 5.75 Å². The van der Waals surface area contributed by atoms with Crippen LogP contribution in [-0.2, 0) is 16.6 Å². The summed E-state index contributed by atoms with van der Waals surface area (Å²) in [6, 6.07) is 6.14. The number of amides is 1. The smallest absolute Gasteiger partial charge is 0.245 e. The summed E-state index contributed by atoms with van der Waals surface area (Å²) in [5.41, 5.74) is 4.73. The summed E-state index contributed by atoms with van der Waals surface area (Å²) in [5, 5.41) is 1.69. The van der Waals surface area contributed by atoms with Crippen molar-refractivity contribution in [3.63, 3.8) is 0 Å². The molecule has 1 aliphatic rings. The Bertz CT molecular complexity index is 479. The first-order valence-electron chi connectivity index (χ1n) is 6.69. The van der Waals surface area contributed by atoms with Crippen molar-refractivity contribution in [2.75, 3.05) is 21.2 Å². The highest BCUT2D eigenvalue weighted by Gasteiger charge is 2.53. The molecule has 1 saturated carbocycles. The highest BCUT2D eigenvalue weighted by molar-refractivity contribution is 5.91. The summed E-state index contributed by atoms with van der Waals surface area (Å²) in [7, 11) is 5.31. The quantitative estimate of drug-likeness (QED) is 0.824. The van der Waals surface area contributed by atoms with E-state index in [2.05, 4.69) is 24.5 Å². The lowest BCUT2D eigenvalue weighted by Crippen LogP contribution is -2.42. The summed E-state index contributed by atoms with van der Waals surface area (Å²) >= 11 is 0. The van der Waals surface area contributed by atoms with Crippen LogP contribution in [0.1, 0.15) is 30.9 Å². The zero-order chi connectivity index (χ0) is 14.0. The predicted molar refractivity (Wildman–Crippen MR) is 75.1 cm³/mol. The Labute approximate surface area is 114 Å². The van der Waals surface area contributed by atoms with Gasteiger partial charge >= 0.3 is 0 Å². The summed E-state index contributed by atoms with van der Waals surface area (Å²) in [5.74, 6) is 0.868. The normalized spacial score (nSPS) is 16.3. The van der Waals surface area contributed by atoms with Gasteiger partial charge in [0.1, 0.15) is 5.75 Å². The fourth-order valence-electron chi connectivity index (χ4n) is 2.40. The van der Waals surface area contributed by atoms with Crippen molar-refractivity contribution in [1.82, 2.24) is 10.4 Å². The lowest BCUT2D eigenvalue weighted by atomic mass is 9.92. The van der Waals surface area contributed by atoms with Crippen molar-refractivity contribution in [3.8, 4) is 5.75 Å². The molecular formula is C15H22N2O2. The molecule has 0 unspecified atom stereocenters. The van der Waals surface area contributed by atoms with E-state index in [-0.39, 0.29) is 5.91 Å². The molecule has 0 bridgehead atoms. The monoisotopic (exact) mass is 262 g/mol. The number of hydrazine groups is 1. The van der Waals surface area contributed by atoms with Crippen molar-refractivity contribution >= 4 is 5.91 Å². The number of carbonyl (C=O) groups is 1. The maximum Gasteiger partial charge on any atom is 0.245 e. The fourth-order valence-corrected chi connectivity index (χ4v) is 2.40. The Hall–Kier alpha value is -1.55. The number of nitrogens with zero attached hydrogens (tertiary/aromatic N) is 1. The van der Waals surface area contributed by atoms with Crippen molar-refractivity contribution < 1.29 is 9.53 Å². The van der Waals surface area contributed by atoms with E-state index in [4.69, 9.17) is 4.74 Å². The van der Waals surface area contributed by atoms with Crippen LogP contribution < -0.4 is 10.2 Å². The SMILES string of the molecule is CCc1ccc(OC)c(C2(C(=O)NN(C)C)CC2)c1. The Morgan fingerprint density at radius 1 is 1.42 bits per heavy atom. The molecule has 1 aromatic carbocycles. The van der Waals surface area contributed by atoms with Gasteiger partial charge in [-0.2, -0.15) is 0 Å². The number of aryl methyl sites for hydroxylation is 1. The van der Waals surface area contributed by atoms with Crippen molar-refractivity contribution in [2.45, 2.75) is 31.6 Å². The van der Waals surface area contributed by atoms with Crippen LogP contribution >= 0.6 is 0 Å². The maximum absolute atomic E-state index is 12.4. The van der Waals surface area contributed by atoms with E-state index in [1.54, 1.807) is 12.1 Å². The van der Waals surface area contributed by atoms with Gasteiger partial charge in [0.15, 0.2) is 0 Å². The number of hydrogen-bond acceptors (Lipinski definition) is 3. The Morgan fingerprint density at radius 2 is 2.11 bits per heavy atom. The summed E-state index contributed by atoms with van der Waals surface area (Å²) in [6.07, 6.45) is 2.73. The van der Waals surface area contributed by atoms with Gasteiger partial charge in [-0.05, 0) is 30.9 Å². The Balaban J connectivity index is 2.37. The maximum atomic E-state index is 12.4. The minimum atomic E-state index is -0.402. The van der Waals surface area contributed by atoms with Gasteiger partial charge in [-0.25, -0.2) is 5.01 Å². The van der Waals surface area contributed by atoms with Crippen molar-refractivity contribution in [3.05, 3.63) is 29.3 Å². The van der Waals surface area contributed by atoms with Crippen LogP contribution in [0.3, 0.4) is 0 Å². The largest absolute Gasteiger partial charge is 0.496 e. The second-order valence-electron chi connectivity index (χ2n) is 5.31. The van der Waals surface area contributed by atoms with Gasteiger partial charge < -0.3 is 4.74 Å². The van der Waals surface area contributed by atoms with Crippen molar-refractivity contribution in [1.29, 1.82) is 0 Å². The molecule has 0 saturated heterocycles. The highest BCUT2D eigenvalue weighted by atomic mass is 16.5. The molecule has 1 N–H and O–H groups in total. The molecule has 0 heterocycles. The lowest BCUT2D eigenvalue weighted by Gasteiger charge is -2.21. The van der Waals surface area contributed by atoms with E-state index in [0.29, 0.717) is 0 Å². The average molecular weight is 262 g/mol. The van der Waals surface area contributed by atoms with Crippen LogP contribution in [0.4, 0.5) is 0 Å². The molecule has 0 aliphatic heterocycles. The molecule has 1 aromatic rings. The second kappa shape index (κ2) is 5.21. The average Bonchev–Trinajstić information content (AvgIpc) is 3.18. The van der Waals surface area contributed by atoms with Gasteiger partial charge in [-0.15, -0.1) is 0 Å². The molecular weight excluding hydrogens is 240 g/mol. The van der Waals surface area contributed by atoms with Gasteiger partial charge in [0.2, 0.25) is 5.91 Å². The third kappa shape index (κ3) is 2.59. The molecule has 4 heteroatoms. The minimum absolute atomic E-state index is 0.0593. The molecule has 1 fully saturated rings. The molecule has 1 aliphatic carbocycles. The number of carbonyl (C=O) groups excluding carboxylic acids is 1. The summed E-state index contributed by atoms with van der Waals surface area (Å²) in [4.78, 5) is 12.4. The lowest BCUT2D eigenvalue weighted by molar-refractivity contribution is -0.127. The van der Waals surface area contributed by atoms with E-state index in [0.717, 1.165) is 30.6 Å². The van der Waals surface area contributed by atoms with E-state index in [1.807, 2.05) is 20.2 Å². The van der Waals surface area contributed by atoms with Gasteiger partial charge in [0.25, 0.3) is 0 Å². The first kappa shape index (κ1) is 13.9. The number of methoxy groups -OCH3 is 1. The first-order chi connectivity index (χ1) is 9.03. The molecule has 1 amide bonds. The number of ether oxygens (including phenoxy) is 1. The van der Waals surface area contributed by atoms with Crippen LogP contribution in [0.25, 0.3) is 0 Å². The zero-order valence-corrected chi connectivity index (χ0v) is 12.1. The molecule has 0 spiro atoms. The van der Waals surface area contributed by atoms with E-state index < -0.39 is 5.41 Å². The third-order valence-electron chi connectivity index (χ3n) is 3.70. The van der Waals surface area contributed by atoms with E-state index >= 15 is 0 Å². The predicted octanol–water partition coefficient (Wildman–Crippen LogP) is 1.88. The standard InChI is InChI=1S/C15H22N2O2/c1-5-11-6-7-13(19-4)12(10-11)15(8-9-15)14(18)16-17(2)3/h6-7,10H,5,8-9H2,1-4H3,(H,16,18). The van der Waals surface area contributed by atoms with Gasteiger partial charge in [0, 0.05) is 19.7 Å². The van der Waals surface area contributed by atoms with E-state index in [1.165, 1.54) is 5.56 Å². The van der Waals surface area contributed by atoms with Crippen LogP contribution in [-0.4, -0.2) is 32.1 Å². The second-order valence-corrected chi connectivity index (χ2v) is 5.31. The Kier molecular flexibility index (Phi) is 3.80. The number of rotatable bonds is 5. The van der Waals surface area contributed by atoms with Gasteiger partial charge in [0.05, 0.1) is 12.5 Å². The number of nitrogens with one attached hydrogen (secondary N) is 1. The minimum Gasteiger partial charge on any atom is -0.496 e. The molecule has 104 valence electrons. The third-order valence-corrected chi connectivity index (χ3v) is 3.70. The van der Waals surface area contributed by atoms with Crippen molar-refractivity contribution in [2.24, 2.45) is 0 Å².